The van der Waals surface area contributed by atoms with Gasteiger partial charge in [0.2, 0.25) is 0 Å². The predicted molar refractivity (Wildman–Crippen MR) is 130 cm³/mol. The Morgan fingerprint density at radius 3 is 2.66 bits per heavy atom. The van der Waals surface area contributed by atoms with Gasteiger partial charge in [0.1, 0.15) is 6.29 Å². The molecule has 0 bridgehead atoms. The first-order chi connectivity index (χ1) is 15.5. The Morgan fingerprint density at radius 1 is 1.31 bits per heavy atom. The van der Waals surface area contributed by atoms with Crippen LogP contribution in [0.1, 0.15) is 37.7 Å². The second-order valence-electron chi connectivity index (χ2n) is 7.49. The Hall–Kier alpha value is -1.65. The summed E-state index contributed by atoms with van der Waals surface area (Å²) in [5, 5.41) is 2.50. The third-order valence-corrected chi connectivity index (χ3v) is 5.82. The Labute approximate surface area is 197 Å². The minimum absolute atomic E-state index is 0.0577. The van der Waals surface area contributed by atoms with Gasteiger partial charge in [-0.05, 0) is 50.2 Å². The summed E-state index contributed by atoms with van der Waals surface area (Å²) in [6.45, 7) is 1.24. The van der Waals surface area contributed by atoms with E-state index in [4.69, 9.17) is 4.74 Å². The van der Waals surface area contributed by atoms with Crippen molar-refractivity contribution < 1.29 is 22.9 Å². The molecule has 1 aromatic rings. The first-order valence-corrected chi connectivity index (χ1v) is 13.7. The highest BCUT2D eigenvalue weighted by Gasteiger charge is 2.22. The number of urea groups is 1. The molecule has 1 fully saturated rings. The molecule has 0 aliphatic heterocycles. The lowest BCUT2D eigenvalue weighted by molar-refractivity contribution is -0.108. The molecule has 7 nitrogen and oxygen atoms in total. The van der Waals surface area contributed by atoms with Crippen LogP contribution in [-0.2, 0) is 22.3 Å². The molecule has 1 saturated carbocycles. The largest absolute Gasteiger partial charge is 0.490 e. The second kappa shape index (κ2) is 16.9. The van der Waals surface area contributed by atoms with Crippen LogP contribution in [0.15, 0.2) is 18.2 Å². The van der Waals surface area contributed by atoms with Crippen LogP contribution in [0.25, 0.3) is 0 Å². The molecule has 1 atom stereocenters. The van der Waals surface area contributed by atoms with Crippen LogP contribution in [0.2, 0.25) is 0 Å². The Bertz CT molecular complexity index is 720. The Kier molecular flexibility index (Phi) is 15.0. The molecule has 2 rings (SSSR count). The average molecular weight is 490 g/mol. The molecule has 1 aliphatic rings. The summed E-state index contributed by atoms with van der Waals surface area (Å²) in [5.41, 5.74) is 0.432. The van der Waals surface area contributed by atoms with Crippen molar-refractivity contribution in [1.82, 2.24) is 14.9 Å². The van der Waals surface area contributed by atoms with Crippen molar-refractivity contribution in [3.63, 3.8) is 0 Å². The number of amides is 2. The number of unbranched alkanes of at least 4 members (excludes halogenated alkanes) is 2. The van der Waals surface area contributed by atoms with Gasteiger partial charge in [-0.3, -0.25) is 0 Å². The molecular formula is C22H36FN3O4S2. The van der Waals surface area contributed by atoms with E-state index in [1.807, 2.05) is 12.5 Å². The standard InChI is InChI=1S/C20H30FN3O4S.C2H6S/c1-22-20(26)24(11-12-25)10-3-2-4-13-29(27)23-14-17-6-5-7-18(19(17)21)28-15-16-8-9-16;1-3-2/h5-7,12,16,23H,2-4,8-11,13-15H2,1H3,(H,22,26);1-2H3. The summed E-state index contributed by atoms with van der Waals surface area (Å²) in [7, 11) is 0.250. The molecule has 2 N–H and O–H groups in total. The quantitative estimate of drug-likeness (QED) is 0.309. The van der Waals surface area contributed by atoms with Gasteiger partial charge in [-0.1, -0.05) is 18.6 Å². The maximum atomic E-state index is 14.5. The van der Waals surface area contributed by atoms with E-state index in [1.165, 1.54) is 11.9 Å². The third-order valence-electron chi connectivity index (χ3n) is 4.69. The van der Waals surface area contributed by atoms with E-state index in [0.717, 1.165) is 19.3 Å². The van der Waals surface area contributed by atoms with E-state index in [1.54, 1.807) is 30.0 Å². The number of carbonyl (C=O) groups is 2. The monoisotopic (exact) mass is 489 g/mol. The highest BCUT2D eigenvalue weighted by Crippen LogP contribution is 2.30. The van der Waals surface area contributed by atoms with Crippen molar-refractivity contribution in [2.45, 2.75) is 38.6 Å². The zero-order valence-electron chi connectivity index (χ0n) is 19.2. The lowest BCUT2D eigenvalue weighted by Crippen LogP contribution is -2.39. The zero-order chi connectivity index (χ0) is 23.8. The zero-order valence-corrected chi connectivity index (χ0v) is 20.9. The van der Waals surface area contributed by atoms with Crippen molar-refractivity contribution in [1.29, 1.82) is 0 Å². The van der Waals surface area contributed by atoms with E-state index in [-0.39, 0.29) is 24.9 Å². The lowest BCUT2D eigenvalue weighted by atomic mass is 10.2. The van der Waals surface area contributed by atoms with Crippen molar-refractivity contribution in [3.8, 4) is 5.75 Å². The summed E-state index contributed by atoms with van der Waals surface area (Å²) < 4.78 is 34.9. The van der Waals surface area contributed by atoms with Gasteiger partial charge in [0.25, 0.3) is 0 Å². The van der Waals surface area contributed by atoms with Gasteiger partial charge in [-0.2, -0.15) is 11.8 Å². The van der Waals surface area contributed by atoms with Crippen LogP contribution < -0.4 is 14.8 Å². The molecule has 0 spiro atoms. The molecule has 1 aliphatic carbocycles. The van der Waals surface area contributed by atoms with Crippen LogP contribution in [0, 0.1) is 11.7 Å². The van der Waals surface area contributed by atoms with E-state index < -0.39 is 16.8 Å². The molecule has 2 amide bonds. The number of benzene rings is 1. The van der Waals surface area contributed by atoms with Crippen molar-refractivity contribution >= 4 is 35.1 Å². The molecule has 1 unspecified atom stereocenters. The maximum Gasteiger partial charge on any atom is 0.317 e. The first-order valence-electron chi connectivity index (χ1n) is 10.8. The van der Waals surface area contributed by atoms with Gasteiger partial charge in [-0.25, -0.2) is 18.1 Å². The number of hydrogen-bond donors (Lipinski definition) is 2. The molecule has 32 heavy (non-hydrogen) atoms. The molecular weight excluding hydrogens is 453 g/mol. The fourth-order valence-corrected chi connectivity index (χ4v) is 3.69. The average Bonchev–Trinajstić information content (AvgIpc) is 3.61. The molecule has 0 aromatic heterocycles. The molecule has 0 saturated heterocycles. The van der Waals surface area contributed by atoms with Crippen molar-refractivity contribution in [2.75, 3.05) is 45.0 Å². The normalized spacial score (nSPS) is 13.5. The maximum absolute atomic E-state index is 14.5. The number of nitrogens with zero attached hydrogens (tertiary/aromatic N) is 1. The van der Waals surface area contributed by atoms with Crippen LogP contribution in [0.5, 0.6) is 5.75 Å². The third kappa shape index (κ3) is 11.8. The summed E-state index contributed by atoms with van der Waals surface area (Å²) in [4.78, 5) is 23.6. The van der Waals surface area contributed by atoms with Gasteiger partial charge < -0.3 is 19.7 Å². The highest BCUT2D eigenvalue weighted by atomic mass is 32.2. The number of nitrogens with one attached hydrogen (secondary N) is 2. The lowest BCUT2D eigenvalue weighted by Gasteiger charge is -2.19. The number of carbonyl (C=O) groups excluding carboxylic acids is 2. The number of ether oxygens (including phenoxy) is 1. The van der Waals surface area contributed by atoms with Crippen molar-refractivity contribution in [3.05, 3.63) is 29.6 Å². The fourth-order valence-electron chi connectivity index (χ4n) is 2.76. The number of hydrogen-bond acceptors (Lipinski definition) is 5. The molecule has 1 aromatic carbocycles. The van der Waals surface area contributed by atoms with Gasteiger partial charge in [0.15, 0.2) is 11.6 Å². The smallest absolute Gasteiger partial charge is 0.317 e. The van der Waals surface area contributed by atoms with Gasteiger partial charge >= 0.3 is 6.03 Å². The van der Waals surface area contributed by atoms with E-state index in [9.17, 15) is 18.2 Å². The number of thioether (sulfide) groups is 1. The second-order valence-corrected chi connectivity index (χ2v) is 9.70. The Balaban J connectivity index is 0.00000161. The van der Waals surface area contributed by atoms with E-state index in [2.05, 4.69) is 10.0 Å². The summed E-state index contributed by atoms with van der Waals surface area (Å²) in [6.07, 6.45) is 9.26. The van der Waals surface area contributed by atoms with Crippen LogP contribution in [0.3, 0.4) is 0 Å². The minimum Gasteiger partial charge on any atom is -0.490 e. The molecule has 0 heterocycles. The van der Waals surface area contributed by atoms with Crippen molar-refractivity contribution in [2.24, 2.45) is 5.92 Å². The minimum atomic E-state index is -1.27. The van der Waals surface area contributed by atoms with Crippen LogP contribution in [0.4, 0.5) is 9.18 Å². The predicted octanol–water partition coefficient (Wildman–Crippen LogP) is 3.36. The summed E-state index contributed by atoms with van der Waals surface area (Å²) in [5.74, 6) is 0.832. The van der Waals surface area contributed by atoms with Gasteiger partial charge in [0, 0.05) is 31.5 Å². The van der Waals surface area contributed by atoms with E-state index in [0.29, 0.717) is 49.5 Å². The summed E-state index contributed by atoms with van der Waals surface area (Å²) in [6, 6.07) is 4.73. The molecule has 10 heteroatoms. The topological polar surface area (TPSA) is 87.7 Å². The molecule has 0 radical (unpaired) electrons. The SMILES string of the molecule is CNC(=O)N(CC=O)CCCCCS(=O)NCc1cccc(OCC2CC2)c1F.CSC. The number of halogens is 1. The Morgan fingerprint density at radius 2 is 2.03 bits per heavy atom. The van der Waals surface area contributed by atoms with Crippen LogP contribution in [-0.4, -0.2) is 66.4 Å². The first kappa shape index (κ1) is 28.4. The van der Waals surface area contributed by atoms with E-state index >= 15 is 0 Å². The number of aldehydes is 1. The summed E-state index contributed by atoms with van der Waals surface area (Å²) >= 11 is 1.75. The molecule has 182 valence electrons. The van der Waals surface area contributed by atoms with Gasteiger partial charge in [-0.15, -0.1) is 0 Å². The van der Waals surface area contributed by atoms with Gasteiger partial charge in [0.05, 0.1) is 24.1 Å². The highest BCUT2D eigenvalue weighted by molar-refractivity contribution is 7.97. The van der Waals surface area contributed by atoms with Crippen LogP contribution >= 0.6 is 11.8 Å². The number of rotatable bonds is 14. The fraction of sp³-hybridized carbons (Fsp3) is 0.636.